The van der Waals surface area contributed by atoms with E-state index in [2.05, 4.69) is 43.5 Å². The third-order valence-corrected chi connectivity index (χ3v) is 14.7. The molecule has 0 aromatic rings. The van der Waals surface area contributed by atoms with Gasteiger partial charge in [0.1, 0.15) is 0 Å². The number of ether oxygens (including phenoxy) is 1. The molecule has 3 N–H and O–H groups in total. The quantitative estimate of drug-likeness (QED) is 0.0244. The smallest absolute Gasteiger partial charge is 0.305 e. The van der Waals surface area contributed by atoms with Gasteiger partial charge in [-0.05, 0) is 64.2 Å². The van der Waals surface area contributed by atoms with E-state index in [1.54, 1.807) is 6.08 Å². The Balaban J connectivity index is 3.53. The van der Waals surface area contributed by atoms with Crippen molar-refractivity contribution in [3.63, 3.8) is 0 Å². The van der Waals surface area contributed by atoms with Gasteiger partial charge in [-0.25, -0.2) is 0 Å². The van der Waals surface area contributed by atoms with Crippen molar-refractivity contribution >= 4 is 11.9 Å². The Morgan fingerprint density at radius 2 is 0.690 bits per heavy atom. The molecule has 0 radical (unpaired) electrons. The first-order valence-corrected chi connectivity index (χ1v) is 31.8. The summed E-state index contributed by atoms with van der Waals surface area (Å²) in [5.74, 6) is -0.107. The molecule has 0 fully saturated rings. The van der Waals surface area contributed by atoms with E-state index >= 15 is 0 Å². The van der Waals surface area contributed by atoms with Crippen LogP contribution in [0.1, 0.15) is 341 Å². The monoisotopic (exact) mass is 998 g/mol. The number of carbonyl (C=O) groups is 2. The van der Waals surface area contributed by atoms with Crippen LogP contribution in [0.5, 0.6) is 0 Å². The number of unbranched alkanes of at least 4 members (excludes halogenated alkanes) is 45. The second kappa shape index (κ2) is 60.6. The number of hydrogen-bond donors (Lipinski definition) is 3. The standard InChI is InChI=1S/C65H123NO5/c1-3-5-7-9-11-13-15-17-19-20-21-22-23-24-25-26-27-28-30-33-37-41-45-49-53-57-63(68)62(61-67)66-64(69)58-54-50-46-42-38-34-31-29-32-36-40-44-48-52-56-60-71-65(70)59-55-51-47-43-39-35-18-16-14-12-10-8-6-4-2/h29,32,36,40,53,57,62-63,67-68H,3-28,30-31,33-35,37-39,41-52,54-56,58-61H2,1-2H3,(H,66,69)/b32-29-,40-36-,57-53+. The minimum absolute atomic E-state index is 0.0201. The van der Waals surface area contributed by atoms with E-state index in [-0.39, 0.29) is 18.5 Å². The molecule has 1 amide bonds. The lowest BCUT2D eigenvalue weighted by atomic mass is 10.0. The van der Waals surface area contributed by atoms with Gasteiger partial charge in [-0.15, -0.1) is 0 Å². The van der Waals surface area contributed by atoms with Gasteiger partial charge in [-0.3, -0.25) is 9.59 Å². The van der Waals surface area contributed by atoms with Crippen LogP contribution in [-0.4, -0.2) is 47.4 Å². The number of esters is 1. The van der Waals surface area contributed by atoms with Crippen molar-refractivity contribution in [2.24, 2.45) is 0 Å². The third kappa shape index (κ3) is 57.2. The van der Waals surface area contributed by atoms with Gasteiger partial charge in [0.15, 0.2) is 0 Å². The highest BCUT2D eigenvalue weighted by molar-refractivity contribution is 5.76. The van der Waals surface area contributed by atoms with Gasteiger partial charge in [-0.2, -0.15) is 0 Å². The SMILES string of the molecule is CCCCCCCCCCCCCCCCCCCCCCCCC/C=C/C(O)C(CO)NC(=O)CCCCCCCC/C=C\C=C/CCCCCOC(=O)CCCCCCCCCCCCCCCC. The molecule has 6 nitrogen and oxygen atoms in total. The van der Waals surface area contributed by atoms with E-state index in [0.29, 0.717) is 19.4 Å². The largest absolute Gasteiger partial charge is 0.466 e. The molecular formula is C65H123NO5. The number of rotatable bonds is 59. The molecular weight excluding hydrogens is 875 g/mol. The molecule has 0 aliphatic carbocycles. The Labute approximate surface area is 443 Å². The van der Waals surface area contributed by atoms with Crippen LogP contribution in [0.4, 0.5) is 0 Å². The molecule has 0 rings (SSSR count). The lowest BCUT2D eigenvalue weighted by molar-refractivity contribution is -0.143. The summed E-state index contributed by atoms with van der Waals surface area (Å²) < 4.78 is 5.45. The minimum atomic E-state index is -0.860. The molecule has 2 atom stereocenters. The number of carbonyl (C=O) groups excluding carboxylic acids is 2. The summed E-state index contributed by atoms with van der Waals surface area (Å²) in [7, 11) is 0. The average Bonchev–Trinajstić information content (AvgIpc) is 3.37. The summed E-state index contributed by atoms with van der Waals surface area (Å²) in [6, 6.07) is -0.646. The first kappa shape index (κ1) is 69.1. The van der Waals surface area contributed by atoms with Gasteiger partial charge in [0.25, 0.3) is 0 Å². The number of aliphatic hydroxyl groups is 2. The highest BCUT2D eigenvalue weighted by Crippen LogP contribution is 2.18. The zero-order valence-corrected chi connectivity index (χ0v) is 47.7. The van der Waals surface area contributed by atoms with Gasteiger partial charge in [0.2, 0.25) is 5.91 Å². The van der Waals surface area contributed by atoms with Crippen LogP contribution in [0, 0.1) is 0 Å². The van der Waals surface area contributed by atoms with Gasteiger partial charge in [0, 0.05) is 12.8 Å². The number of nitrogens with one attached hydrogen (secondary N) is 1. The van der Waals surface area contributed by atoms with Crippen LogP contribution < -0.4 is 5.32 Å². The molecule has 0 bridgehead atoms. The number of hydrogen-bond acceptors (Lipinski definition) is 5. The van der Waals surface area contributed by atoms with Crippen LogP contribution in [0.2, 0.25) is 0 Å². The van der Waals surface area contributed by atoms with Crippen LogP contribution in [0.3, 0.4) is 0 Å². The molecule has 2 unspecified atom stereocenters. The fraction of sp³-hybridized carbons (Fsp3) is 0.877. The van der Waals surface area contributed by atoms with Crippen molar-refractivity contribution in [3.05, 3.63) is 36.5 Å². The van der Waals surface area contributed by atoms with Gasteiger partial charge in [0.05, 0.1) is 25.4 Å². The summed E-state index contributed by atoms with van der Waals surface area (Å²) in [4.78, 5) is 24.5. The summed E-state index contributed by atoms with van der Waals surface area (Å²) in [6.45, 7) is 4.87. The maximum absolute atomic E-state index is 12.5. The molecule has 0 aliphatic rings. The second-order valence-electron chi connectivity index (χ2n) is 21.8. The normalized spacial score (nSPS) is 12.8. The minimum Gasteiger partial charge on any atom is -0.466 e. The first-order chi connectivity index (χ1) is 35.0. The van der Waals surface area contributed by atoms with Crippen molar-refractivity contribution < 1.29 is 24.5 Å². The topological polar surface area (TPSA) is 95.9 Å². The Morgan fingerprint density at radius 3 is 1.04 bits per heavy atom. The van der Waals surface area contributed by atoms with Crippen molar-refractivity contribution in [2.75, 3.05) is 13.2 Å². The zero-order valence-electron chi connectivity index (χ0n) is 47.7. The van der Waals surface area contributed by atoms with Gasteiger partial charge >= 0.3 is 5.97 Å². The fourth-order valence-electron chi connectivity index (χ4n) is 9.80. The summed E-state index contributed by atoms with van der Waals surface area (Å²) in [5, 5.41) is 23.2. The average molecular weight is 999 g/mol. The lowest BCUT2D eigenvalue weighted by Crippen LogP contribution is -2.45. The molecule has 0 aliphatic heterocycles. The van der Waals surface area contributed by atoms with Crippen LogP contribution in [0.25, 0.3) is 0 Å². The maximum atomic E-state index is 12.5. The highest BCUT2D eigenvalue weighted by atomic mass is 16.5. The molecule has 418 valence electrons. The van der Waals surface area contributed by atoms with E-state index in [1.807, 2.05) is 6.08 Å². The van der Waals surface area contributed by atoms with E-state index < -0.39 is 12.1 Å². The summed E-state index contributed by atoms with van der Waals surface area (Å²) in [6.07, 6.45) is 76.2. The molecule has 0 aromatic heterocycles. The fourth-order valence-corrected chi connectivity index (χ4v) is 9.80. The predicted octanol–water partition coefficient (Wildman–Crippen LogP) is 20.0. The molecule has 6 heteroatoms. The number of allylic oxidation sites excluding steroid dienone is 5. The van der Waals surface area contributed by atoms with Crippen LogP contribution in [0.15, 0.2) is 36.5 Å². The molecule has 0 spiro atoms. The second-order valence-corrected chi connectivity index (χ2v) is 21.8. The van der Waals surface area contributed by atoms with Crippen molar-refractivity contribution in [1.82, 2.24) is 5.32 Å². The molecule has 71 heavy (non-hydrogen) atoms. The van der Waals surface area contributed by atoms with Crippen molar-refractivity contribution in [2.45, 2.75) is 353 Å². The zero-order chi connectivity index (χ0) is 51.4. The number of aliphatic hydroxyl groups excluding tert-OH is 2. The summed E-state index contributed by atoms with van der Waals surface area (Å²) >= 11 is 0. The third-order valence-electron chi connectivity index (χ3n) is 14.7. The summed E-state index contributed by atoms with van der Waals surface area (Å²) in [5.41, 5.74) is 0. The van der Waals surface area contributed by atoms with Crippen LogP contribution in [-0.2, 0) is 14.3 Å². The highest BCUT2D eigenvalue weighted by Gasteiger charge is 2.18. The van der Waals surface area contributed by atoms with E-state index in [4.69, 9.17) is 4.74 Å². The first-order valence-electron chi connectivity index (χ1n) is 31.8. The van der Waals surface area contributed by atoms with Crippen molar-refractivity contribution in [3.8, 4) is 0 Å². The molecule has 0 saturated heterocycles. The molecule has 0 aromatic carbocycles. The Morgan fingerprint density at radius 1 is 0.394 bits per heavy atom. The Bertz CT molecular complexity index is 1150. The molecule has 0 saturated carbocycles. The number of amides is 1. The Kier molecular flexibility index (Phi) is 59.0. The molecule has 0 heterocycles. The van der Waals surface area contributed by atoms with E-state index in [1.165, 1.54) is 238 Å². The van der Waals surface area contributed by atoms with Gasteiger partial charge in [-0.1, -0.05) is 301 Å². The van der Waals surface area contributed by atoms with E-state index in [9.17, 15) is 19.8 Å². The van der Waals surface area contributed by atoms with Crippen molar-refractivity contribution in [1.29, 1.82) is 0 Å². The van der Waals surface area contributed by atoms with Crippen LogP contribution >= 0.6 is 0 Å². The lowest BCUT2D eigenvalue weighted by Gasteiger charge is -2.20. The van der Waals surface area contributed by atoms with E-state index in [0.717, 1.165) is 77.0 Å². The Hall–Kier alpha value is -1.92. The van der Waals surface area contributed by atoms with Gasteiger partial charge < -0.3 is 20.3 Å². The predicted molar refractivity (Wildman–Crippen MR) is 310 cm³/mol. The maximum Gasteiger partial charge on any atom is 0.305 e.